The fourth-order valence-corrected chi connectivity index (χ4v) is 5.41. The molecule has 0 bridgehead atoms. The van der Waals surface area contributed by atoms with Gasteiger partial charge in [-0.3, -0.25) is 0 Å². The summed E-state index contributed by atoms with van der Waals surface area (Å²) < 4.78 is 3.60. The van der Waals surface area contributed by atoms with E-state index < -0.39 is 34.3 Å². The van der Waals surface area contributed by atoms with Gasteiger partial charge in [-0.2, -0.15) is 0 Å². The van der Waals surface area contributed by atoms with Crippen molar-refractivity contribution in [3.63, 3.8) is 0 Å². The highest BCUT2D eigenvalue weighted by Gasteiger charge is 2.47. The Morgan fingerprint density at radius 3 is 1.37 bits per heavy atom. The highest BCUT2D eigenvalue weighted by atomic mass is 31.2. The summed E-state index contributed by atoms with van der Waals surface area (Å²) in [4.78, 5) is 31.3. The number of unbranched alkanes of at least 4 members (excludes halogenated alkanes) is 12. The van der Waals surface area contributed by atoms with Gasteiger partial charge in [0.1, 0.15) is 0 Å². The van der Waals surface area contributed by atoms with E-state index in [2.05, 4.69) is 32.0 Å². The number of hydrogen-bond acceptors (Lipinski definition) is 7. The number of rotatable bonds is 21. The molecule has 1 rings (SSSR count). The van der Waals surface area contributed by atoms with Gasteiger partial charge in [-0.15, -0.1) is 0 Å². The molecule has 0 aliphatic carbocycles. The maximum absolute atomic E-state index is 11.9. The lowest BCUT2D eigenvalue weighted by atomic mass is 9.65. The average molecular weight is 579 g/mol. The van der Waals surface area contributed by atoms with Crippen LogP contribution in [0.4, 0.5) is 0 Å². The van der Waals surface area contributed by atoms with Crippen molar-refractivity contribution in [1.82, 2.24) is 0 Å². The van der Waals surface area contributed by atoms with Crippen molar-refractivity contribution in [1.29, 1.82) is 0 Å². The van der Waals surface area contributed by atoms with Gasteiger partial charge in [-0.05, 0) is 18.4 Å². The smallest absolute Gasteiger partial charge is 0.334 e. The lowest BCUT2D eigenvalue weighted by Crippen LogP contribution is -2.48. The number of benzene rings is 1. The molecule has 0 amide bonds. The fraction of sp³-hybridized carbons (Fsp3) is 0.793. The summed E-state index contributed by atoms with van der Waals surface area (Å²) in [5.74, 6) is 0. The monoisotopic (exact) mass is 578 g/mol. The molecule has 0 radical (unpaired) electrons. The molecule has 1 aromatic carbocycles. The molecule has 0 saturated heterocycles. The number of hydrogen-bond donors (Lipinski definition) is 6. The van der Waals surface area contributed by atoms with E-state index >= 15 is 0 Å². The van der Waals surface area contributed by atoms with E-state index in [1.807, 2.05) is 30.3 Å². The van der Waals surface area contributed by atoms with Gasteiger partial charge in [-0.1, -0.05) is 148 Å². The Morgan fingerprint density at radius 1 is 0.658 bits per heavy atom. The van der Waals surface area contributed by atoms with Crippen LogP contribution in [0.3, 0.4) is 0 Å². The molecule has 0 aliphatic rings. The summed E-state index contributed by atoms with van der Waals surface area (Å²) in [6.07, 6.45) is 18.4. The van der Waals surface area contributed by atoms with Gasteiger partial charge >= 0.3 is 17.2 Å². The predicted octanol–water partition coefficient (Wildman–Crippen LogP) is 8.18. The van der Waals surface area contributed by atoms with Crippen LogP contribution in [-0.2, 0) is 4.31 Å². The van der Waals surface area contributed by atoms with Crippen LogP contribution >= 0.6 is 17.2 Å². The van der Waals surface area contributed by atoms with Gasteiger partial charge in [0.15, 0.2) is 0 Å². The third-order valence-corrected chi connectivity index (χ3v) is 8.70. The second kappa shape index (κ2) is 22.5. The second-order valence-electron chi connectivity index (χ2n) is 10.9. The highest BCUT2D eigenvalue weighted by molar-refractivity contribution is 7.53. The Morgan fingerprint density at radius 2 is 1.03 bits per heavy atom. The topological polar surface area (TPSA) is 131 Å². The normalized spacial score (nSPS) is 13.1. The molecule has 1 unspecified atom stereocenters. The van der Waals surface area contributed by atoms with E-state index in [1.54, 1.807) is 0 Å². The molecular formula is C29H56O7P2. The maximum Gasteiger partial charge on any atom is 0.334 e. The zero-order chi connectivity index (χ0) is 28.9. The summed E-state index contributed by atoms with van der Waals surface area (Å²) in [6.45, 7) is 8.63. The van der Waals surface area contributed by atoms with Gasteiger partial charge in [0, 0.05) is 5.41 Å². The van der Waals surface area contributed by atoms with Crippen LogP contribution in [0, 0.1) is 5.41 Å². The highest BCUT2D eigenvalue weighted by Crippen LogP contribution is 2.47. The summed E-state index contributed by atoms with van der Waals surface area (Å²) >= 11 is 0. The van der Waals surface area contributed by atoms with Crippen molar-refractivity contribution >= 4 is 17.2 Å². The fourth-order valence-electron chi connectivity index (χ4n) is 4.89. The van der Waals surface area contributed by atoms with Gasteiger partial charge in [0.05, 0.1) is 11.7 Å². The van der Waals surface area contributed by atoms with Crippen molar-refractivity contribution in [3.8, 4) is 0 Å². The van der Waals surface area contributed by atoms with Gasteiger partial charge < -0.3 is 29.8 Å². The minimum Gasteiger partial charge on any atom is -0.389 e. The first kappa shape index (κ1) is 37.8. The third-order valence-electron chi connectivity index (χ3n) is 7.53. The Kier molecular flexibility index (Phi) is 22.4. The molecule has 1 atom stereocenters. The molecular weight excluding hydrogens is 522 g/mol. The Bertz CT molecular complexity index is 636. The minimum absolute atomic E-state index is 0.585. The van der Waals surface area contributed by atoms with Crippen LogP contribution < -0.4 is 0 Å². The standard InChI is InChI=1S/C29H52O2.H4O5P2/c1-5-7-9-11-13-15-20-24-29(31,25-21-16-14-12-10-8-6-2)28(3,4)27(30)26-22-18-17-19-23-26;1-6(2)5-7(3)4/h17-19,22-23,27,30-31H,5-16,20-21,24-25H2,1-4H3;1-4H. The number of aliphatic hydroxyl groups is 2. The third kappa shape index (κ3) is 16.8. The molecule has 1 aromatic rings. The summed E-state index contributed by atoms with van der Waals surface area (Å²) in [6, 6.07) is 9.88. The molecule has 0 spiro atoms. The molecule has 0 aliphatic heterocycles. The van der Waals surface area contributed by atoms with Gasteiger partial charge in [0.25, 0.3) is 0 Å². The molecule has 224 valence electrons. The van der Waals surface area contributed by atoms with Gasteiger partial charge in [-0.25, -0.2) is 4.31 Å². The Hall–Kier alpha value is -0.200. The average Bonchev–Trinajstić information content (AvgIpc) is 2.87. The molecule has 6 N–H and O–H groups in total. The first-order valence-electron chi connectivity index (χ1n) is 14.5. The molecule has 0 aromatic heterocycles. The SMILES string of the molecule is CCCCCCCCCC(O)(CCCCCCCCC)C(C)(C)C(O)c1ccccc1.OP(O)OP(O)O. The van der Waals surface area contributed by atoms with Crippen LogP contribution in [0.15, 0.2) is 30.3 Å². The lowest BCUT2D eigenvalue weighted by molar-refractivity contribution is -0.139. The van der Waals surface area contributed by atoms with Crippen LogP contribution in [0.5, 0.6) is 0 Å². The molecule has 0 heterocycles. The Balaban J connectivity index is 0.00000171. The van der Waals surface area contributed by atoms with Crippen LogP contribution in [0.25, 0.3) is 0 Å². The molecule has 9 heteroatoms. The van der Waals surface area contributed by atoms with E-state index in [0.29, 0.717) is 0 Å². The van der Waals surface area contributed by atoms with E-state index in [0.717, 1.165) is 31.2 Å². The first-order chi connectivity index (χ1) is 18.0. The Labute approximate surface area is 234 Å². The van der Waals surface area contributed by atoms with Crippen molar-refractivity contribution < 1.29 is 34.1 Å². The van der Waals surface area contributed by atoms with Crippen LogP contribution in [-0.4, -0.2) is 35.4 Å². The zero-order valence-corrected chi connectivity index (χ0v) is 26.1. The maximum atomic E-state index is 11.9. The molecule has 0 saturated carbocycles. The quantitative estimate of drug-likeness (QED) is 0.0640. The van der Waals surface area contributed by atoms with Crippen LogP contribution in [0.1, 0.15) is 142 Å². The van der Waals surface area contributed by atoms with Crippen molar-refractivity contribution in [2.75, 3.05) is 0 Å². The molecule has 7 nitrogen and oxygen atoms in total. The van der Waals surface area contributed by atoms with Crippen molar-refractivity contribution in [2.45, 2.75) is 142 Å². The second-order valence-corrected chi connectivity index (χ2v) is 12.6. The molecule has 0 fully saturated rings. The van der Waals surface area contributed by atoms with E-state index in [-0.39, 0.29) is 0 Å². The molecule has 38 heavy (non-hydrogen) atoms. The van der Waals surface area contributed by atoms with Gasteiger partial charge in [0.2, 0.25) is 0 Å². The van der Waals surface area contributed by atoms with Crippen molar-refractivity contribution in [3.05, 3.63) is 35.9 Å². The largest absolute Gasteiger partial charge is 0.389 e. The van der Waals surface area contributed by atoms with E-state index in [4.69, 9.17) is 19.6 Å². The van der Waals surface area contributed by atoms with Crippen molar-refractivity contribution in [2.24, 2.45) is 5.41 Å². The summed E-state index contributed by atoms with van der Waals surface area (Å²) in [5.41, 5.74) is -0.515. The van der Waals surface area contributed by atoms with E-state index in [1.165, 1.54) is 77.0 Å². The minimum atomic E-state index is -2.61. The zero-order valence-electron chi connectivity index (χ0n) is 24.3. The number of aliphatic hydroxyl groups excluding tert-OH is 1. The van der Waals surface area contributed by atoms with Crippen LogP contribution in [0.2, 0.25) is 0 Å². The predicted molar refractivity (Wildman–Crippen MR) is 159 cm³/mol. The summed E-state index contributed by atoms with van der Waals surface area (Å²) in [5, 5.41) is 23.1. The summed E-state index contributed by atoms with van der Waals surface area (Å²) in [7, 11) is -5.22. The first-order valence-corrected chi connectivity index (χ1v) is 16.8. The van der Waals surface area contributed by atoms with E-state index in [9.17, 15) is 10.2 Å². The lowest BCUT2D eigenvalue weighted by Gasteiger charge is -2.46.